The molecule has 1 heterocycles. The van der Waals surface area contributed by atoms with Crippen molar-refractivity contribution in [3.8, 4) is 11.5 Å². The number of carbonyl (C=O) groups is 2. The number of hydrogen-bond donors (Lipinski definition) is 2. The molecule has 9 heteroatoms. The molecule has 0 saturated carbocycles. The van der Waals surface area contributed by atoms with Crippen molar-refractivity contribution >= 4 is 29.1 Å². The summed E-state index contributed by atoms with van der Waals surface area (Å²) in [6.45, 7) is 11.0. The summed E-state index contributed by atoms with van der Waals surface area (Å²) >= 11 is 6.63. The smallest absolute Gasteiger partial charge is 0.257 e. The van der Waals surface area contributed by atoms with E-state index in [1.807, 2.05) is 66.7 Å². The second-order valence-electron chi connectivity index (χ2n) is 14.5. The van der Waals surface area contributed by atoms with E-state index < -0.39 is 18.1 Å². The van der Waals surface area contributed by atoms with Crippen LogP contribution in [0.25, 0.3) is 0 Å². The van der Waals surface area contributed by atoms with Crippen LogP contribution in [0.5, 0.6) is 11.5 Å². The fourth-order valence-electron chi connectivity index (χ4n) is 6.46. The van der Waals surface area contributed by atoms with E-state index >= 15 is 0 Å². The van der Waals surface area contributed by atoms with E-state index in [0.29, 0.717) is 53.0 Å². The van der Waals surface area contributed by atoms with Gasteiger partial charge in [-0.05, 0) is 73.2 Å². The van der Waals surface area contributed by atoms with Crippen molar-refractivity contribution in [3.05, 3.63) is 124 Å². The number of aryl methyl sites for hydroxylation is 1. The van der Waals surface area contributed by atoms with Gasteiger partial charge in [0.15, 0.2) is 11.5 Å². The number of para-hydroxylation sites is 1. The second kappa shape index (κ2) is 18.4. The van der Waals surface area contributed by atoms with Crippen LogP contribution in [-0.4, -0.2) is 51.3 Å². The van der Waals surface area contributed by atoms with Crippen LogP contribution in [0.4, 0.5) is 5.69 Å². The van der Waals surface area contributed by atoms with Gasteiger partial charge in [0.2, 0.25) is 5.91 Å². The van der Waals surface area contributed by atoms with Crippen LogP contribution in [0, 0.1) is 11.3 Å². The molecular weight excluding hydrogens is 674 g/mol. The molecular formula is C43H52ClN3O5. The van der Waals surface area contributed by atoms with Gasteiger partial charge in [0, 0.05) is 34.9 Å². The molecule has 0 fully saturated rings. The van der Waals surface area contributed by atoms with E-state index in [4.69, 9.17) is 25.8 Å². The molecule has 2 amide bonds. The van der Waals surface area contributed by atoms with Crippen LogP contribution in [0.15, 0.2) is 97.1 Å². The van der Waals surface area contributed by atoms with Crippen molar-refractivity contribution in [2.24, 2.45) is 11.3 Å². The number of anilines is 1. The molecule has 52 heavy (non-hydrogen) atoms. The van der Waals surface area contributed by atoms with Crippen LogP contribution in [-0.2, 0) is 27.3 Å². The Balaban J connectivity index is 1.37. The molecule has 1 aliphatic heterocycles. The van der Waals surface area contributed by atoms with Crippen LogP contribution >= 0.6 is 11.6 Å². The van der Waals surface area contributed by atoms with Crippen molar-refractivity contribution in [1.29, 1.82) is 0 Å². The number of halogens is 1. The third-order valence-electron chi connectivity index (χ3n) is 9.08. The first-order chi connectivity index (χ1) is 25.1. The number of nitrogens with zero attached hydrogens (tertiary/aromatic N) is 1. The average Bonchev–Trinajstić information content (AvgIpc) is 3.25. The third-order valence-corrected chi connectivity index (χ3v) is 9.31. The average molecular weight is 726 g/mol. The lowest BCUT2D eigenvalue weighted by Crippen LogP contribution is -2.49. The van der Waals surface area contributed by atoms with Crippen molar-refractivity contribution in [2.75, 3.05) is 38.3 Å². The first-order valence-electron chi connectivity index (χ1n) is 18.2. The minimum atomic E-state index is -1.10. The van der Waals surface area contributed by atoms with Gasteiger partial charge in [-0.2, -0.15) is 0 Å². The summed E-state index contributed by atoms with van der Waals surface area (Å²) in [7, 11) is 1.60. The van der Waals surface area contributed by atoms with Gasteiger partial charge in [-0.15, -0.1) is 0 Å². The molecule has 5 rings (SSSR count). The quantitative estimate of drug-likeness (QED) is 0.113. The van der Waals surface area contributed by atoms with Gasteiger partial charge in [-0.25, -0.2) is 0 Å². The molecule has 0 spiro atoms. The van der Waals surface area contributed by atoms with E-state index in [1.54, 1.807) is 25.0 Å². The molecule has 0 aromatic heterocycles. The standard InChI is InChI=1S/C43H52ClN3O5/c1-30(41(48)46-28-32-17-10-7-11-18-32)38-42(49)47(29-43(2,3)4)36-23-22-33(44)27-35(36)39(52-38)34-20-12-21-37(40(34)50-5)51-26-14-25-45-24-13-19-31-15-8-6-9-16-31/h6-12,15-18,20-23,27,30,38-39,45H,13-14,19,24-26,28-29H2,1-5H3,(H,46,48). The molecule has 3 atom stereocenters. The predicted octanol–water partition coefficient (Wildman–Crippen LogP) is 8.16. The molecule has 3 unspecified atom stereocenters. The van der Waals surface area contributed by atoms with E-state index in [0.717, 1.165) is 37.9 Å². The van der Waals surface area contributed by atoms with Crippen LogP contribution in [0.2, 0.25) is 5.02 Å². The lowest BCUT2D eigenvalue weighted by atomic mass is 9.93. The van der Waals surface area contributed by atoms with Gasteiger partial charge in [0.05, 0.1) is 19.6 Å². The monoisotopic (exact) mass is 725 g/mol. The summed E-state index contributed by atoms with van der Waals surface area (Å²) in [5, 5.41) is 7.02. The Kier molecular flexibility index (Phi) is 13.8. The largest absolute Gasteiger partial charge is 0.492 e. The Morgan fingerprint density at radius 2 is 1.60 bits per heavy atom. The summed E-state index contributed by atoms with van der Waals surface area (Å²) in [6.07, 6.45) is 1.03. The van der Waals surface area contributed by atoms with E-state index in [-0.39, 0.29) is 17.2 Å². The molecule has 1 aliphatic rings. The zero-order valence-electron chi connectivity index (χ0n) is 31.0. The Bertz CT molecular complexity index is 1760. The molecule has 0 radical (unpaired) electrons. The molecule has 4 aromatic rings. The summed E-state index contributed by atoms with van der Waals surface area (Å²) < 4.78 is 19.1. The maximum absolute atomic E-state index is 14.6. The molecule has 0 bridgehead atoms. The summed E-state index contributed by atoms with van der Waals surface area (Å²) in [5.41, 5.74) is 4.12. The maximum atomic E-state index is 14.6. The first kappa shape index (κ1) is 38.9. The topological polar surface area (TPSA) is 89.1 Å². The predicted molar refractivity (Wildman–Crippen MR) is 208 cm³/mol. The van der Waals surface area contributed by atoms with Gasteiger partial charge < -0.3 is 29.7 Å². The van der Waals surface area contributed by atoms with Crippen LogP contribution in [0.3, 0.4) is 0 Å². The molecule has 0 saturated heterocycles. The number of benzene rings is 4. The normalized spacial score (nSPS) is 16.5. The lowest BCUT2D eigenvalue weighted by molar-refractivity contribution is -0.144. The van der Waals surface area contributed by atoms with Gasteiger partial charge >= 0.3 is 0 Å². The number of amides is 2. The SMILES string of the molecule is COc1c(OCCCNCCCc2ccccc2)cccc1C1OC(C(C)C(=O)NCc2ccccc2)C(=O)N(CC(C)(C)C)c2ccc(Cl)cc21. The molecule has 8 nitrogen and oxygen atoms in total. The summed E-state index contributed by atoms with van der Waals surface area (Å²) in [5.74, 6) is -0.296. The minimum Gasteiger partial charge on any atom is -0.492 e. The van der Waals surface area contributed by atoms with Gasteiger partial charge in [0.1, 0.15) is 12.2 Å². The second-order valence-corrected chi connectivity index (χ2v) is 15.0. The number of carbonyl (C=O) groups excluding carboxylic acids is 2. The van der Waals surface area contributed by atoms with Gasteiger partial charge in [-0.3, -0.25) is 9.59 Å². The number of ether oxygens (including phenoxy) is 3. The highest BCUT2D eigenvalue weighted by Crippen LogP contribution is 2.46. The van der Waals surface area contributed by atoms with E-state index in [2.05, 4.69) is 55.7 Å². The highest BCUT2D eigenvalue weighted by molar-refractivity contribution is 6.30. The summed E-state index contributed by atoms with van der Waals surface area (Å²) in [6, 6.07) is 31.4. The highest BCUT2D eigenvalue weighted by Gasteiger charge is 2.43. The fraction of sp³-hybridized carbons (Fsp3) is 0.395. The van der Waals surface area contributed by atoms with Crippen molar-refractivity contribution in [3.63, 3.8) is 0 Å². The minimum absolute atomic E-state index is 0.252. The highest BCUT2D eigenvalue weighted by atomic mass is 35.5. The Labute approximate surface area is 313 Å². The lowest BCUT2D eigenvalue weighted by Gasteiger charge is -2.32. The van der Waals surface area contributed by atoms with E-state index in [9.17, 15) is 9.59 Å². The van der Waals surface area contributed by atoms with E-state index in [1.165, 1.54) is 5.56 Å². The molecule has 276 valence electrons. The van der Waals surface area contributed by atoms with Gasteiger partial charge in [0.25, 0.3) is 5.91 Å². The molecule has 2 N–H and O–H groups in total. The van der Waals surface area contributed by atoms with Crippen LogP contribution in [0.1, 0.15) is 68.9 Å². The molecule has 4 aromatic carbocycles. The van der Waals surface area contributed by atoms with Gasteiger partial charge in [-0.1, -0.05) is 112 Å². The Hall–Kier alpha value is -4.37. The number of nitrogens with one attached hydrogen (secondary N) is 2. The van der Waals surface area contributed by atoms with Crippen LogP contribution < -0.4 is 25.0 Å². The Morgan fingerprint density at radius 3 is 2.29 bits per heavy atom. The Morgan fingerprint density at radius 1 is 0.904 bits per heavy atom. The van der Waals surface area contributed by atoms with Crippen molar-refractivity contribution in [2.45, 2.75) is 65.7 Å². The van der Waals surface area contributed by atoms with Crippen molar-refractivity contribution < 1.29 is 23.8 Å². The summed E-state index contributed by atoms with van der Waals surface area (Å²) in [4.78, 5) is 30.0. The molecule has 0 aliphatic carbocycles. The first-order valence-corrected chi connectivity index (χ1v) is 18.6. The number of fused-ring (bicyclic) bond motifs is 1. The van der Waals surface area contributed by atoms with Crippen molar-refractivity contribution in [1.82, 2.24) is 10.6 Å². The zero-order chi connectivity index (χ0) is 37.1. The number of rotatable bonds is 16. The third kappa shape index (κ3) is 10.4. The number of methoxy groups -OCH3 is 1. The maximum Gasteiger partial charge on any atom is 0.257 e. The zero-order valence-corrected chi connectivity index (χ0v) is 31.7. The fourth-order valence-corrected chi connectivity index (χ4v) is 6.64. The number of hydrogen-bond acceptors (Lipinski definition) is 6.